The van der Waals surface area contributed by atoms with Gasteiger partial charge in [-0.1, -0.05) is 0 Å². The van der Waals surface area contributed by atoms with Gasteiger partial charge in [0.2, 0.25) is 11.9 Å². The number of alkyl halides is 3. The number of hydrogen-bond donors (Lipinski definition) is 0. The number of carbonyl (C=O) groups excluding carboxylic acids is 1. The van der Waals surface area contributed by atoms with Crippen molar-refractivity contribution in [3.05, 3.63) is 15.9 Å². The van der Waals surface area contributed by atoms with E-state index in [4.69, 9.17) is 0 Å². The molecule has 0 bridgehead atoms. The largest absolute Gasteiger partial charge is 0.425 e. The standard InChI is InChI=1S/C12H16F3N5O2/c1-17(2)11(18(3)4)16-9-8(12(13,14)15)10(22)20-7(21)5-6-19(9)20/h5-6H2,1-4H3. The van der Waals surface area contributed by atoms with E-state index in [2.05, 4.69) is 4.99 Å². The highest BCUT2D eigenvalue weighted by Gasteiger charge is 2.43. The van der Waals surface area contributed by atoms with E-state index >= 15 is 0 Å². The second kappa shape index (κ2) is 5.18. The van der Waals surface area contributed by atoms with Crippen LogP contribution in [-0.2, 0) is 12.7 Å². The van der Waals surface area contributed by atoms with Crippen LogP contribution in [0.5, 0.6) is 0 Å². The van der Waals surface area contributed by atoms with E-state index in [1.807, 2.05) is 0 Å². The van der Waals surface area contributed by atoms with Crippen LogP contribution < -0.4 is 5.56 Å². The minimum Gasteiger partial charge on any atom is -0.349 e. The number of halogens is 3. The average Bonchev–Trinajstić information content (AvgIpc) is 2.85. The van der Waals surface area contributed by atoms with Crippen LogP contribution in [0.25, 0.3) is 0 Å². The summed E-state index contributed by atoms with van der Waals surface area (Å²) in [6.45, 7) is -0.00285. The molecule has 1 aliphatic rings. The summed E-state index contributed by atoms with van der Waals surface area (Å²) in [4.78, 5) is 30.6. The van der Waals surface area contributed by atoms with Crippen LogP contribution in [0.3, 0.4) is 0 Å². The van der Waals surface area contributed by atoms with Gasteiger partial charge in [-0.3, -0.25) is 14.3 Å². The fourth-order valence-corrected chi connectivity index (χ4v) is 2.35. The maximum absolute atomic E-state index is 13.2. The van der Waals surface area contributed by atoms with E-state index in [9.17, 15) is 22.8 Å². The summed E-state index contributed by atoms with van der Waals surface area (Å²) in [5, 5.41) is 0. The summed E-state index contributed by atoms with van der Waals surface area (Å²) in [5.41, 5.74) is -2.78. The molecule has 0 atom stereocenters. The normalized spacial score (nSPS) is 14.0. The van der Waals surface area contributed by atoms with Crippen LogP contribution >= 0.6 is 0 Å². The molecule has 2 heterocycles. The first-order chi connectivity index (χ1) is 10.1. The minimum absolute atomic E-state index is 0.00285. The quantitative estimate of drug-likeness (QED) is 0.568. The molecular weight excluding hydrogens is 303 g/mol. The van der Waals surface area contributed by atoms with Crippen molar-refractivity contribution in [3.63, 3.8) is 0 Å². The predicted octanol–water partition coefficient (Wildman–Crippen LogP) is 0.823. The number of rotatable bonds is 1. The van der Waals surface area contributed by atoms with E-state index in [1.54, 1.807) is 28.2 Å². The molecule has 0 fully saturated rings. The number of aromatic nitrogens is 2. The van der Waals surface area contributed by atoms with Gasteiger partial charge in [0.1, 0.15) is 0 Å². The van der Waals surface area contributed by atoms with Gasteiger partial charge in [-0.25, -0.2) is 0 Å². The molecule has 0 aliphatic carbocycles. The molecule has 7 nitrogen and oxygen atoms in total. The van der Waals surface area contributed by atoms with E-state index in [0.29, 0.717) is 4.68 Å². The number of carbonyl (C=O) groups is 1. The first-order valence-electron chi connectivity index (χ1n) is 6.45. The van der Waals surface area contributed by atoms with Crippen molar-refractivity contribution in [3.8, 4) is 0 Å². The van der Waals surface area contributed by atoms with Crippen molar-refractivity contribution in [2.75, 3.05) is 28.2 Å². The van der Waals surface area contributed by atoms with Gasteiger partial charge in [0.15, 0.2) is 11.4 Å². The van der Waals surface area contributed by atoms with Crippen LogP contribution in [0.4, 0.5) is 19.0 Å². The van der Waals surface area contributed by atoms with Crippen LogP contribution in [0.15, 0.2) is 9.79 Å². The third-order valence-electron chi connectivity index (χ3n) is 3.18. The lowest BCUT2D eigenvalue weighted by Crippen LogP contribution is -2.35. The molecule has 10 heteroatoms. The average molecular weight is 319 g/mol. The highest BCUT2D eigenvalue weighted by molar-refractivity contribution is 5.84. The number of fused-ring (bicyclic) bond motifs is 1. The zero-order chi connectivity index (χ0) is 16.8. The van der Waals surface area contributed by atoms with Gasteiger partial charge in [0.05, 0.1) is 6.54 Å². The summed E-state index contributed by atoms with van der Waals surface area (Å²) in [5.74, 6) is -0.972. The highest BCUT2D eigenvalue weighted by atomic mass is 19.4. The van der Waals surface area contributed by atoms with E-state index < -0.39 is 29.0 Å². The fraction of sp³-hybridized carbons (Fsp3) is 0.583. The number of hydrogen-bond acceptors (Lipinski definition) is 3. The van der Waals surface area contributed by atoms with Crippen molar-refractivity contribution in [2.24, 2.45) is 4.99 Å². The smallest absolute Gasteiger partial charge is 0.349 e. The Morgan fingerprint density at radius 2 is 1.68 bits per heavy atom. The fourth-order valence-electron chi connectivity index (χ4n) is 2.35. The topological polar surface area (TPSA) is 62.8 Å². The zero-order valence-corrected chi connectivity index (χ0v) is 12.6. The summed E-state index contributed by atoms with van der Waals surface area (Å²) >= 11 is 0. The molecule has 0 saturated carbocycles. The van der Waals surface area contributed by atoms with Crippen molar-refractivity contribution in [2.45, 2.75) is 19.1 Å². The second-order valence-electron chi connectivity index (χ2n) is 5.28. The molecule has 2 rings (SSSR count). The molecule has 122 valence electrons. The molecule has 0 unspecified atom stereocenters. The lowest BCUT2D eigenvalue weighted by molar-refractivity contribution is -0.137. The van der Waals surface area contributed by atoms with Gasteiger partial charge < -0.3 is 9.80 Å². The van der Waals surface area contributed by atoms with Crippen molar-refractivity contribution in [1.29, 1.82) is 0 Å². The second-order valence-corrected chi connectivity index (χ2v) is 5.28. The van der Waals surface area contributed by atoms with Gasteiger partial charge in [0.25, 0.3) is 5.56 Å². The van der Waals surface area contributed by atoms with Crippen molar-refractivity contribution in [1.82, 2.24) is 19.2 Å². The van der Waals surface area contributed by atoms with Gasteiger partial charge in [-0.05, 0) is 0 Å². The van der Waals surface area contributed by atoms with Crippen LogP contribution in [0.1, 0.15) is 16.8 Å². The van der Waals surface area contributed by atoms with Gasteiger partial charge in [-0.15, -0.1) is 0 Å². The summed E-state index contributed by atoms with van der Waals surface area (Å²) in [6.07, 6.45) is -4.90. The number of nitrogens with zero attached hydrogens (tertiary/aromatic N) is 5. The SMILES string of the molecule is CN(C)C(=Nc1c(C(F)(F)F)c(=O)n2n1CCC2=O)N(C)C. The number of guanidine groups is 1. The first kappa shape index (κ1) is 16.1. The predicted molar refractivity (Wildman–Crippen MR) is 73.4 cm³/mol. The van der Waals surface area contributed by atoms with Crippen LogP contribution in [-0.4, -0.2) is 59.2 Å². The molecule has 0 amide bonds. The molecule has 0 saturated heterocycles. The third-order valence-corrected chi connectivity index (χ3v) is 3.18. The summed E-state index contributed by atoms with van der Waals surface area (Å²) < 4.78 is 41.1. The van der Waals surface area contributed by atoms with Crippen LogP contribution in [0, 0.1) is 0 Å². The first-order valence-corrected chi connectivity index (χ1v) is 6.45. The van der Waals surface area contributed by atoms with Gasteiger partial charge >= 0.3 is 6.18 Å². The Morgan fingerprint density at radius 1 is 1.14 bits per heavy atom. The molecule has 1 aromatic rings. The molecule has 1 aliphatic heterocycles. The lowest BCUT2D eigenvalue weighted by Gasteiger charge is -2.22. The Hall–Kier alpha value is -2.26. The lowest BCUT2D eigenvalue weighted by atomic mass is 10.3. The minimum atomic E-state index is -4.88. The highest BCUT2D eigenvalue weighted by Crippen LogP contribution is 2.35. The Kier molecular flexibility index (Phi) is 3.80. The molecule has 1 aromatic heterocycles. The maximum atomic E-state index is 13.2. The summed E-state index contributed by atoms with van der Waals surface area (Å²) in [6, 6.07) is 0. The summed E-state index contributed by atoms with van der Waals surface area (Å²) in [7, 11) is 6.49. The Bertz CT molecular complexity index is 687. The molecule has 22 heavy (non-hydrogen) atoms. The maximum Gasteiger partial charge on any atom is 0.425 e. The van der Waals surface area contributed by atoms with E-state index in [1.165, 1.54) is 9.80 Å². The van der Waals surface area contributed by atoms with Gasteiger partial charge in [0, 0.05) is 34.6 Å². The Balaban J connectivity index is 2.78. The monoisotopic (exact) mass is 319 g/mol. The zero-order valence-electron chi connectivity index (χ0n) is 12.6. The van der Waals surface area contributed by atoms with Gasteiger partial charge in [-0.2, -0.15) is 22.8 Å². The van der Waals surface area contributed by atoms with E-state index in [-0.39, 0.29) is 18.9 Å². The van der Waals surface area contributed by atoms with Crippen molar-refractivity contribution >= 4 is 17.7 Å². The molecular formula is C12H16F3N5O2. The van der Waals surface area contributed by atoms with E-state index in [0.717, 1.165) is 4.68 Å². The van der Waals surface area contributed by atoms with Crippen molar-refractivity contribution < 1.29 is 18.0 Å². The Labute approximate surface area is 124 Å². The molecule has 0 N–H and O–H groups in total. The molecule has 0 radical (unpaired) electrons. The van der Waals surface area contributed by atoms with Crippen LogP contribution in [0.2, 0.25) is 0 Å². The third kappa shape index (κ3) is 2.48. The molecule has 0 aromatic carbocycles. The molecule has 0 spiro atoms. The Morgan fingerprint density at radius 3 is 2.14 bits per heavy atom. The number of aliphatic imine (C=N–C) groups is 1.